The second-order valence-corrected chi connectivity index (χ2v) is 10.6. The highest BCUT2D eigenvalue weighted by Gasteiger charge is 2.35. The van der Waals surface area contributed by atoms with Crippen LogP contribution in [-0.2, 0) is 12.7 Å². The molecule has 0 amide bonds. The largest absolute Gasteiger partial charge is 0.493 e. The van der Waals surface area contributed by atoms with Crippen LogP contribution < -0.4 is 10.1 Å². The van der Waals surface area contributed by atoms with E-state index >= 15 is 0 Å². The number of thiazole rings is 1. The van der Waals surface area contributed by atoms with Gasteiger partial charge in [-0.3, -0.25) is 9.88 Å². The Bertz CT molecular complexity index is 1160. The van der Waals surface area contributed by atoms with Gasteiger partial charge in [-0.15, -0.1) is 11.3 Å². The minimum atomic E-state index is -4.51. The Morgan fingerprint density at radius 1 is 1.08 bits per heavy atom. The molecule has 1 N–H and O–H groups in total. The molecule has 0 unspecified atom stereocenters. The van der Waals surface area contributed by atoms with E-state index in [1.807, 2.05) is 32.2 Å². The van der Waals surface area contributed by atoms with E-state index in [-0.39, 0.29) is 12.4 Å². The lowest BCUT2D eigenvalue weighted by Gasteiger charge is -2.32. The second kappa shape index (κ2) is 12.2. The first-order valence-corrected chi connectivity index (χ1v) is 13.5. The molecule has 6 nitrogen and oxygen atoms in total. The van der Waals surface area contributed by atoms with E-state index in [0.29, 0.717) is 10.8 Å². The number of halogens is 3. The molecule has 0 atom stereocenters. The fourth-order valence-corrected chi connectivity index (χ4v) is 5.08. The molecule has 2 aromatic heterocycles. The summed E-state index contributed by atoms with van der Waals surface area (Å²) in [4.78, 5) is 15.0. The van der Waals surface area contributed by atoms with Gasteiger partial charge >= 0.3 is 6.18 Å². The number of rotatable bonds is 10. The van der Waals surface area contributed by atoms with Crippen LogP contribution in [0, 0.1) is 6.92 Å². The quantitative estimate of drug-likeness (QED) is 0.297. The lowest BCUT2D eigenvalue weighted by Crippen LogP contribution is -2.43. The standard InChI is InChI=1S/C27H34F3N5OS/c1-4-5-6-15-36-24-10-9-21(16-23(24)27(28,29)30)32-26-33-25(19(2)37-26)20-7-8-22(31-17-20)18-35-13-11-34(3)12-14-35/h7-10,16-17H,4-6,11-15,18H2,1-3H3,(H,32,33). The molecule has 4 rings (SSSR count). The van der Waals surface area contributed by atoms with Crippen LogP contribution in [0.5, 0.6) is 5.75 Å². The first-order chi connectivity index (χ1) is 17.7. The smallest absolute Gasteiger partial charge is 0.420 e. The van der Waals surface area contributed by atoms with Crippen LogP contribution in [0.1, 0.15) is 42.3 Å². The van der Waals surface area contributed by atoms with Crippen molar-refractivity contribution in [3.8, 4) is 17.0 Å². The van der Waals surface area contributed by atoms with Gasteiger partial charge in [-0.25, -0.2) is 4.98 Å². The van der Waals surface area contributed by atoms with Crippen molar-refractivity contribution >= 4 is 22.2 Å². The van der Waals surface area contributed by atoms with Crippen molar-refractivity contribution in [2.45, 2.75) is 45.8 Å². The average Bonchev–Trinajstić information content (AvgIpc) is 3.23. The summed E-state index contributed by atoms with van der Waals surface area (Å²) in [5, 5.41) is 3.57. The topological polar surface area (TPSA) is 53.5 Å². The third kappa shape index (κ3) is 7.43. The number of hydrogen-bond donors (Lipinski definition) is 1. The van der Waals surface area contributed by atoms with Gasteiger partial charge in [0.05, 0.1) is 23.6 Å². The number of alkyl halides is 3. The molecular weight excluding hydrogens is 499 g/mol. The van der Waals surface area contributed by atoms with Crippen molar-refractivity contribution in [3.05, 3.63) is 52.7 Å². The number of nitrogens with one attached hydrogen (secondary N) is 1. The molecule has 1 aliphatic heterocycles. The number of nitrogens with zero attached hydrogens (tertiary/aromatic N) is 4. The molecule has 3 aromatic rings. The Morgan fingerprint density at radius 3 is 2.54 bits per heavy atom. The second-order valence-electron chi connectivity index (χ2n) is 9.43. The first kappa shape index (κ1) is 27.3. The van der Waals surface area contributed by atoms with E-state index < -0.39 is 11.7 Å². The molecule has 1 aliphatic rings. The lowest BCUT2D eigenvalue weighted by molar-refractivity contribution is -0.138. The number of pyridine rings is 1. The highest BCUT2D eigenvalue weighted by atomic mass is 32.1. The van der Waals surface area contributed by atoms with Crippen molar-refractivity contribution in [1.29, 1.82) is 0 Å². The molecule has 37 heavy (non-hydrogen) atoms. The summed E-state index contributed by atoms with van der Waals surface area (Å²) in [5.41, 5.74) is 2.20. The number of anilines is 2. The Hall–Kier alpha value is -2.69. The van der Waals surface area contributed by atoms with Crippen molar-refractivity contribution in [1.82, 2.24) is 19.8 Å². The molecule has 0 bridgehead atoms. The van der Waals surface area contributed by atoms with Crippen LogP contribution >= 0.6 is 11.3 Å². The number of benzene rings is 1. The number of hydrogen-bond acceptors (Lipinski definition) is 7. The predicted molar refractivity (Wildman–Crippen MR) is 143 cm³/mol. The summed E-state index contributed by atoms with van der Waals surface area (Å²) in [6.45, 7) is 9.25. The van der Waals surface area contributed by atoms with Crippen molar-refractivity contribution in [3.63, 3.8) is 0 Å². The zero-order chi connectivity index (χ0) is 26.4. The van der Waals surface area contributed by atoms with Gasteiger partial charge in [0.1, 0.15) is 5.75 Å². The van der Waals surface area contributed by atoms with Crippen LogP contribution in [0.25, 0.3) is 11.3 Å². The van der Waals surface area contributed by atoms with Crippen LogP contribution in [0.2, 0.25) is 0 Å². The van der Waals surface area contributed by atoms with E-state index in [4.69, 9.17) is 4.74 Å². The molecule has 0 saturated carbocycles. The van der Waals surface area contributed by atoms with Gasteiger partial charge in [-0.2, -0.15) is 13.2 Å². The predicted octanol–water partition coefficient (Wildman–Crippen LogP) is 6.59. The fraction of sp³-hybridized carbons (Fsp3) is 0.481. The Morgan fingerprint density at radius 2 is 1.86 bits per heavy atom. The zero-order valence-corrected chi connectivity index (χ0v) is 22.4. The minimum Gasteiger partial charge on any atom is -0.493 e. The van der Waals surface area contributed by atoms with Crippen LogP contribution in [0.4, 0.5) is 24.0 Å². The summed E-state index contributed by atoms with van der Waals surface area (Å²) in [6, 6.07) is 8.09. The lowest BCUT2D eigenvalue weighted by atomic mass is 10.1. The van der Waals surface area contributed by atoms with Gasteiger partial charge in [-0.05, 0) is 50.7 Å². The van der Waals surface area contributed by atoms with Crippen LogP contribution in [0.15, 0.2) is 36.5 Å². The molecule has 1 aromatic carbocycles. The maximum atomic E-state index is 13.7. The Kier molecular flexibility index (Phi) is 9.04. The van der Waals surface area contributed by atoms with Crippen molar-refractivity contribution in [2.24, 2.45) is 0 Å². The number of unbranched alkanes of at least 4 members (excludes halogenated alkanes) is 2. The number of aromatic nitrogens is 2. The number of ether oxygens (including phenoxy) is 1. The van der Waals surface area contributed by atoms with Gasteiger partial charge < -0.3 is 15.0 Å². The van der Waals surface area contributed by atoms with Crippen molar-refractivity contribution in [2.75, 3.05) is 45.2 Å². The van der Waals surface area contributed by atoms with E-state index in [1.165, 1.54) is 17.4 Å². The first-order valence-electron chi connectivity index (χ1n) is 12.7. The molecular formula is C27H34F3N5OS. The van der Waals surface area contributed by atoms with Gasteiger partial charge in [0.25, 0.3) is 0 Å². The number of piperazine rings is 1. The SMILES string of the molecule is CCCCCOc1ccc(Nc2nc(-c3ccc(CN4CCN(C)CC4)nc3)c(C)s2)cc1C(F)(F)F. The third-order valence-electron chi connectivity index (χ3n) is 6.42. The fourth-order valence-electron chi connectivity index (χ4n) is 4.22. The summed E-state index contributed by atoms with van der Waals surface area (Å²) < 4.78 is 46.5. The van der Waals surface area contributed by atoms with E-state index in [0.717, 1.165) is 79.9 Å². The highest BCUT2D eigenvalue weighted by Crippen LogP contribution is 2.39. The Balaban J connectivity index is 1.44. The summed E-state index contributed by atoms with van der Waals surface area (Å²) >= 11 is 1.40. The number of likely N-dealkylation sites (N-methyl/N-ethyl adjacent to an activating group) is 1. The normalized spacial score (nSPS) is 15.2. The molecule has 0 spiro atoms. The third-order valence-corrected chi connectivity index (χ3v) is 7.30. The summed E-state index contributed by atoms with van der Waals surface area (Å²) in [5.74, 6) is -0.145. The van der Waals surface area contributed by atoms with Gasteiger partial charge in [0.15, 0.2) is 5.13 Å². The number of aryl methyl sites for hydroxylation is 1. The monoisotopic (exact) mass is 533 g/mol. The van der Waals surface area contributed by atoms with Crippen LogP contribution in [0.3, 0.4) is 0 Å². The molecule has 3 heterocycles. The van der Waals surface area contributed by atoms with E-state index in [1.54, 1.807) is 6.07 Å². The maximum Gasteiger partial charge on any atom is 0.420 e. The molecule has 1 fully saturated rings. The Labute approximate surface area is 220 Å². The van der Waals surface area contributed by atoms with Gasteiger partial charge in [0.2, 0.25) is 0 Å². The van der Waals surface area contributed by atoms with Crippen molar-refractivity contribution < 1.29 is 17.9 Å². The van der Waals surface area contributed by atoms with E-state index in [9.17, 15) is 13.2 Å². The molecule has 0 aliphatic carbocycles. The van der Waals surface area contributed by atoms with Crippen LogP contribution in [-0.4, -0.2) is 59.6 Å². The summed E-state index contributed by atoms with van der Waals surface area (Å²) in [7, 11) is 2.14. The average molecular weight is 534 g/mol. The molecule has 10 heteroatoms. The van der Waals surface area contributed by atoms with E-state index in [2.05, 4.69) is 32.1 Å². The molecule has 1 saturated heterocycles. The minimum absolute atomic E-state index is 0.145. The maximum absolute atomic E-state index is 13.7. The van der Waals surface area contributed by atoms with Gasteiger partial charge in [-0.1, -0.05) is 19.8 Å². The summed E-state index contributed by atoms with van der Waals surface area (Å²) in [6.07, 6.45) is -0.0742. The highest BCUT2D eigenvalue weighted by molar-refractivity contribution is 7.16. The molecule has 0 radical (unpaired) electrons. The van der Waals surface area contributed by atoms with Gasteiger partial charge in [0, 0.05) is 55.0 Å². The molecule has 200 valence electrons. The zero-order valence-electron chi connectivity index (χ0n) is 21.6.